The van der Waals surface area contributed by atoms with E-state index in [-0.39, 0.29) is 12.2 Å². The van der Waals surface area contributed by atoms with E-state index < -0.39 is 0 Å². The Hall–Kier alpha value is -0.340. The lowest BCUT2D eigenvalue weighted by Crippen LogP contribution is -2.50. The molecule has 0 aromatic heterocycles. The molecule has 0 aromatic rings. The summed E-state index contributed by atoms with van der Waals surface area (Å²) in [5.41, 5.74) is 2.38. The number of aliphatic hydroxyl groups is 2. The molecule has 4 aliphatic carbocycles. The highest BCUT2D eigenvalue weighted by molar-refractivity contribution is 5.25. The number of aliphatic hydroxyl groups excluding tert-OH is 2. The summed E-state index contributed by atoms with van der Waals surface area (Å²) < 4.78 is 0. The van der Waals surface area contributed by atoms with Crippen LogP contribution < -0.4 is 0 Å². The molecule has 0 aliphatic heterocycles. The molecule has 0 radical (unpaired) electrons. The Morgan fingerprint density at radius 3 is 2.69 bits per heavy atom. The first-order valence-electron chi connectivity index (χ1n) is 11.4. The van der Waals surface area contributed by atoms with Crippen LogP contribution in [0.15, 0.2) is 11.6 Å². The SMILES string of the molecule is CCCC(O)C[C@H]1CCC2C3CC=C4C[C@@H](O)CC[C@]4(C)C3CCC21C. The maximum atomic E-state index is 10.4. The Morgan fingerprint density at radius 2 is 1.92 bits per heavy atom. The third kappa shape index (κ3) is 2.91. The predicted molar refractivity (Wildman–Crippen MR) is 107 cm³/mol. The molecule has 2 heteroatoms. The van der Waals surface area contributed by atoms with Gasteiger partial charge in [0.25, 0.3) is 0 Å². The summed E-state index contributed by atoms with van der Waals surface area (Å²) in [5.74, 6) is 3.24. The van der Waals surface area contributed by atoms with Crippen molar-refractivity contribution in [3.05, 3.63) is 11.6 Å². The van der Waals surface area contributed by atoms with Crippen LogP contribution in [-0.4, -0.2) is 22.4 Å². The Bertz CT molecular complexity index is 554. The van der Waals surface area contributed by atoms with Crippen molar-refractivity contribution in [3.63, 3.8) is 0 Å². The van der Waals surface area contributed by atoms with Crippen molar-refractivity contribution in [3.8, 4) is 0 Å². The molecule has 0 saturated heterocycles. The van der Waals surface area contributed by atoms with Gasteiger partial charge in [-0.3, -0.25) is 0 Å². The van der Waals surface area contributed by atoms with Gasteiger partial charge >= 0.3 is 0 Å². The van der Waals surface area contributed by atoms with Crippen molar-refractivity contribution >= 4 is 0 Å². The quantitative estimate of drug-likeness (QED) is 0.652. The molecule has 4 rings (SSSR count). The second kappa shape index (κ2) is 6.92. The van der Waals surface area contributed by atoms with E-state index in [0.29, 0.717) is 10.8 Å². The number of allylic oxidation sites excluding steroid dienone is 1. The van der Waals surface area contributed by atoms with E-state index in [9.17, 15) is 10.2 Å². The standard InChI is InChI=1S/C24H40O2/c1-4-5-18(25)14-17-7-9-21-20-8-6-16-15-19(26)10-12-23(16,2)22(20)11-13-24(17,21)3/h6,17-22,25-26H,4-5,7-15H2,1-3H3/t17-,18?,19+,20?,21?,22?,23+,24?/m1/s1. The Morgan fingerprint density at radius 1 is 1.12 bits per heavy atom. The van der Waals surface area contributed by atoms with Gasteiger partial charge in [-0.1, -0.05) is 38.8 Å². The van der Waals surface area contributed by atoms with Gasteiger partial charge < -0.3 is 10.2 Å². The average Bonchev–Trinajstić information content (AvgIpc) is 2.92. The maximum absolute atomic E-state index is 10.4. The first-order valence-corrected chi connectivity index (χ1v) is 11.4. The Labute approximate surface area is 160 Å². The molecular formula is C24H40O2. The van der Waals surface area contributed by atoms with Gasteiger partial charge in [0.15, 0.2) is 0 Å². The molecule has 3 fully saturated rings. The third-order valence-corrected chi connectivity index (χ3v) is 9.45. The number of hydrogen-bond acceptors (Lipinski definition) is 2. The van der Waals surface area contributed by atoms with Crippen LogP contribution in [0.25, 0.3) is 0 Å². The number of rotatable bonds is 4. The van der Waals surface area contributed by atoms with Crippen LogP contribution in [0.3, 0.4) is 0 Å². The zero-order valence-corrected chi connectivity index (χ0v) is 17.2. The number of fused-ring (bicyclic) bond motifs is 5. The van der Waals surface area contributed by atoms with E-state index in [1.165, 1.54) is 38.5 Å². The van der Waals surface area contributed by atoms with Crippen LogP contribution >= 0.6 is 0 Å². The van der Waals surface area contributed by atoms with Crippen molar-refractivity contribution in [2.45, 2.75) is 104 Å². The van der Waals surface area contributed by atoms with Crippen molar-refractivity contribution in [1.82, 2.24) is 0 Å². The Balaban J connectivity index is 1.54. The lowest BCUT2D eigenvalue weighted by molar-refractivity contribution is -0.0556. The maximum Gasteiger partial charge on any atom is 0.0577 e. The topological polar surface area (TPSA) is 40.5 Å². The summed E-state index contributed by atoms with van der Waals surface area (Å²) in [6, 6.07) is 0. The number of hydrogen-bond donors (Lipinski definition) is 2. The lowest BCUT2D eigenvalue weighted by atomic mass is 9.47. The zero-order valence-electron chi connectivity index (χ0n) is 17.2. The Kier molecular flexibility index (Phi) is 5.06. The molecule has 3 saturated carbocycles. The molecule has 0 bridgehead atoms. The highest BCUT2D eigenvalue weighted by Crippen LogP contribution is 2.66. The zero-order chi connectivity index (χ0) is 18.5. The third-order valence-electron chi connectivity index (χ3n) is 9.45. The summed E-state index contributed by atoms with van der Waals surface area (Å²) in [6.45, 7) is 7.26. The van der Waals surface area contributed by atoms with Gasteiger partial charge in [0.05, 0.1) is 12.2 Å². The van der Waals surface area contributed by atoms with Crippen molar-refractivity contribution in [1.29, 1.82) is 0 Å². The normalized spacial score (nSPS) is 49.0. The second-order valence-corrected chi connectivity index (χ2v) is 10.7. The minimum absolute atomic E-state index is 0.0893. The molecule has 0 amide bonds. The molecule has 5 unspecified atom stereocenters. The molecule has 4 aliphatic rings. The van der Waals surface area contributed by atoms with Crippen LogP contribution in [0.5, 0.6) is 0 Å². The molecule has 2 N–H and O–H groups in total. The van der Waals surface area contributed by atoms with Gasteiger partial charge in [0.1, 0.15) is 0 Å². The van der Waals surface area contributed by atoms with Crippen LogP contribution in [0, 0.1) is 34.5 Å². The molecule has 148 valence electrons. The fourth-order valence-corrected chi connectivity index (χ4v) is 7.92. The summed E-state index contributed by atoms with van der Waals surface area (Å²) in [5, 5.41) is 20.6. The fourth-order valence-electron chi connectivity index (χ4n) is 7.92. The van der Waals surface area contributed by atoms with Gasteiger partial charge in [-0.05, 0) is 98.7 Å². The van der Waals surface area contributed by atoms with Crippen molar-refractivity contribution in [2.75, 3.05) is 0 Å². The summed E-state index contributed by atoms with van der Waals surface area (Å²) in [7, 11) is 0. The van der Waals surface area contributed by atoms with E-state index in [0.717, 1.165) is 55.8 Å². The molecular weight excluding hydrogens is 320 g/mol. The average molecular weight is 361 g/mol. The van der Waals surface area contributed by atoms with Crippen LogP contribution in [0.1, 0.15) is 91.4 Å². The van der Waals surface area contributed by atoms with Gasteiger partial charge in [-0.15, -0.1) is 0 Å². The van der Waals surface area contributed by atoms with Crippen LogP contribution in [-0.2, 0) is 0 Å². The van der Waals surface area contributed by atoms with E-state index in [4.69, 9.17) is 0 Å². The molecule has 0 spiro atoms. The monoisotopic (exact) mass is 360 g/mol. The lowest BCUT2D eigenvalue weighted by Gasteiger charge is -2.58. The van der Waals surface area contributed by atoms with E-state index in [1.54, 1.807) is 5.57 Å². The van der Waals surface area contributed by atoms with E-state index in [1.807, 2.05) is 0 Å². The molecule has 0 aromatic carbocycles. The highest BCUT2D eigenvalue weighted by atomic mass is 16.3. The minimum atomic E-state index is -0.101. The predicted octanol–water partition coefficient (Wildman–Crippen LogP) is 5.48. The van der Waals surface area contributed by atoms with Gasteiger partial charge in [0.2, 0.25) is 0 Å². The largest absolute Gasteiger partial charge is 0.393 e. The van der Waals surface area contributed by atoms with E-state index >= 15 is 0 Å². The first kappa shape index (κ1) is 19.0. The van der Waals surface area contributed by atoms with Crippen LogP contribution in [0.4, 0.5) is 0 Å². The van der Waals surface area contributed by atoms with Crippen LogP contribution in [0.2, 0.25) is 0 Å². The van der Waals surface area contributed by atoms with Gasteiger partial charge in [-0.2, -0.15) is 0 Å². The summed E-state index contributed by atoms with van der Waals surface area (Å²) >= 11 is 0. The molecule has 8 atom stereocenters. The van der Waals surface area contributed by atoms with Gasteiger partial charge in [0, 0.05) is 0 Å². The second-order valence-electron chi connectivity index (χ2n) is 10.7. The summed E-state index contributed by atoms with van der Waals surface area (Å²) in [6.07, 6.45) is 15.2. The van der Waals surface area contributed by atoms with Crippen molar-refractivity contribution < 1.29 is 10.2 Å². The first-order chi connectivity index (χ1) is 12.4. The van der Waals surface area contributed by atoms with E-state index in [2.05, 4.69) is 26.8 Å². The smallest absolute Gasteiger partial charge is 0.0577 e. The van der Waals surface area contributed by atoms with Crippen molar-refractivity contribution in [2.24, 2.45) is 34.5 Å². The molecule has 2 nitrogen and oxygen atoms in total. The fraction of sp³-hybridized carbons (Fsp3) is 0.917. The van der Waals surface area contributed by atoms with Gasteiger partial charge in [-0.25, -0.2) is 0 Å². The summed E-state index contributed by atoms with van der Waals surface area (Å²) in [4.78, 5) is 0. The minimum Gasteiger partial charge on any atom is -0.393 e. The molecule has 0 heterocycles. The molecule has 26 heavy (non-hydrogen) atoms. The highest BCUT2D eigenvalue weighted by Gasteiger charge is 2.58.